The number of hydroxylamine groups is 1. The van der Waals surface area contributed by atoms with Crippen molar-refractivity contribution in [1.29, 1.82) is 0 Å². The van der Waals surface area contributed by atoms with Crippen LogP contribution in [0, 0.1) is 5.82 Å². The second kappa shape index (κ2) is 9.67. The number of halogens is 1. The lowest BCUT2D eigenvalue weighted by Gasteiger charge is -2.16. The predicted molar refractivity (Wildman–Crippen MR) is 117 cm³/mol. The van der Waals surface area contributed by atoms with E-state index < -0.39 is 11.7 Å². The summed E-state index contributed by atoms with van der Waals surface area (Å²) in [7, 11) is 0. The van der Waals surface area contributed by atoms with Gasteiger partial charge in [-0.2, -0.15) is 0 Å². The number of rotatable bonds is 8. The first-order chi connectivity index (χ1) is 15.5. The van der Waals surface area contributed by atoms with Crippen LogP contribution in [0.15, 0.2) is 60.1 Å². The van der Waals surface area contributed by atoms with Crippen molar-refractivity contribution in [3.63, 3.8) is 0 Å². The molecule has 2 aromatic heterocycles. The zero-order chi connectivity index (χ0) is 22.5. The van der Waals surface area contributed by atoms with Crippen LogP contribution in [-0.2, 0) is 17.8 Å². The molecule has 0 saturated carbocycles. The molecular weight excluding hydrogens is 433 g/mol. The topological polar surface area (TPSA) is 109 Å². The Hall–Kier alpha value is -3.63. The minimum atomic E-state index is -0.534. The van der Waals surface area contributed by atoms with Gasteiger partial charge in [0.2, 0.25) is 5.91 Å². The molecule has 8 nitrogen and oxygen atoms in total. The average molecular weight is 453 g/mol. The molecule has 2 amide bonds. The van der Waals surface area contributed by atoms with Gasteiger partial charge in [0.15, 0.2) is 0 Å². The summed E-state index contributed by atoms with van der Waals surface area (Å²) in [6, 6.07) is 13.0. The molecule has 2 heterocycles. The van der Waals surface area contributed by atoms with Gasteiger partial charge in [-0.25, -0.2) is 14.6 Å². The number of hydrogen-bond donors (Lipinski definition) is 3. The number of carbonyl (C=O) groups is 2. The predicted octanol–water partition coefficient (Wildman–Crippen LogP) is 3.24. The van der Waals surface area contributed by atoms with Crippen LogP contribution in [0.2, 0.25) is 0 Å². The highest BCUT2D eigenvalue weighted by Gasteiger charge is 2.19. The van der Waals surface area contributed by atoms with Gasteiger partial charge in [-0.1, -0.05) is 17.3 Å². The van der Waals surface area contributed by atoms with Crippen molar-refractivity contribution < 1.29 is 19.2 Å². The molecule has 0 spiro atoms. The second-order valence-corrected chi connectivity index (χ2v) is 8.22. The van der Waals surface area contributed by atoms with E-state index in [1.54, 1.807) is 27.7 Å². The Bertz CT molecular complexity index is 1240. The molecule has 0 saturated heterocycles. The summed E-state index contributed by atoms with van der Waals surface area (Å²) >= 11 is 1.66. The van der Waals surface area contributed by atoms with Crippen molar-refractivity contribution >= 4 is 33.2 Å². The van der Waals surface area contributed by atoms with Crippen molar-refractivity contribution in [2.24, 2.45) is 0 Å². The first-order valence-corrected chi connectivity index (χ1v) is 10.7. The van der Waals surface area contributed by atoms with Gasteiger partial charge in [0, 0.05) is 10.3 Å². The van der Waals surface area contributed by atoms with E-state index in [4.69, 9.17) is 5.21 Å². The number of amides is 2. The molecule has 4 rings (SSSR count). The standard InChI is InChI=1S/C22H20FN5O3S/c23-17-4-2-15(3-5-17)22(30)24-12-18-13-28(27-25-18)19(11-21(29)26-31)10-14-1-6-20-16(9-14)7-8-32-20/h1-9,13,19,31H,10-12H2,(H,24,30)(H,26,29)/t19-/m1/s1. The SMILES string of the molecule is O=C(C[C@@H](Cc1ccc2sccc2c1)n1cc(CNC(=O)c2ccc(F)cc2)nn1)NO. The van der Waals surface area contributed by atoms with Crippen molar-refractivity contribution in [3.05, 3.63) is 82.7 Å². The van der Waals surface area contributed by atoms with Gasteiger partial charge in [-0.3, -0.25) is 14.8 Å². The number of fused-ring (bicyclic) bond motifs is 1. The van der Waals surface area contributed by atoms with E-state index in [-0.39, 0.29) is 24.9 Å². The number of benzene rings is 2. The minimum absolute atomic E-state index is 0.00289. The van der Waals surface area contributed by atoms with E-state index in [2.05, 4.69) is 21.7 Å². The number of carbonyl (C=O) groups excluding carboxylic acids is 2. The zero-order valence-electron chi connectivity index (χ0n) is 16.9. The van der Waals surface area contributed by atoms with Gasteiger partial charge in [-0.15, -0.1) is 16.4 Å². The lowest BCUT2D eigenvalue weighted by molar-refractivity contribution is -0.130. The highest BCUT2D eigenvalue weighted by Crippen LogP contribution is 2.25. The first kappa shape index (κ1) is 21.6. The van der Waals surface area contributed by atoms with Crippen molar-refractivity contribution in [2.75, 3.05) is 0 Å². The summed E-state index contributed by atoms with van der Waals surface area (Å²) in [6.07, 6.45) is 2.16. The van der Waals surface area contributed by atoms with Gasteiger partial charge < -0.3 is 5.32 Å². The Morgan fingerprint density at radius 2 is 1.97 bits per heavy atom. The number of aromatic nitrogens is 3. The Labute approximate surface area is 186 Å². The fourth-order valence-electron chi connectivity index (χ4n) is 3.38. The van der Waals surface area contributed by atoms with Gasteiger partial charge in [0.1, 0.15) is 11.5 Å². The third-order valence-corrected chi connectivity index (χ3v) is 5.90. The molecule has 0 radical (unpaired) electrons. The minimum Gasteiger partial charge on any atom is -0.346 e. The molecule has 4 aromatic rings. The molecule has 164 valence electrons. The van der Waals surface area contributed by atoms with Crippen LogP contribution in [0.3, 0.4) is 0 Å². The lowest BCUT2D eigenvalue weighted by Crippen LogP contribution is -2.25. The van der Waals surface area contributed by atoms with E-state index in [0.717, 1.165) is 10.9 Å². The molecule has 0 aliphatic heterocycles. The van der Waals surface area contributed by atoms with Gasteiger partial charge >= 0.3 is 0 Å². The lowest BCUT2D eigenvalue weighted by atomic mass is 10.0. The maximum atomic E-state index is 13.0. The molecule has 2 aromatic carbocycles. The Morgan fingerprint density at radius 1 is 1.16 bits per heavy atom. The van der Waals surface area contributed by atoms with Crippen LogP contribution in [0.4, 0.5) is 4.39 Å². The zero-order valence-corrected chi connectivity index (χ0v) is 17.7. The quantitative estimate of drug-likeness (QED) is 0.280. The Balaban J connectivity index is 1.46. The molecular formula is C22H20FN5O3S. The fraction of sp³-hybridized carbons (Fsp3) is 0.182. The van der Waals surface area contributed by atoms with E-state index in [1.165, 1.54) is 29.0 Å². The van der Waals surface area contributed by atoms with Crippen LogP contribution in [0.1, 0.15) is 34.1 Å². The summed E-state index contributed by atoms with van der Waals surface area (Å²) < 4.78 is 15.8. The summed E-state index contributed by atoms with van der Waals surface area (Å²) in [5.41, 5.74) is 3.52. The number of thiophene rings is 1. The van der Waals surface area contributed by atoms with E-state index in [9.17, 15) is 14.0 Å². The molecule has 0 aliphatic rings. The third kappa shape index (κ3) is 5.16. The van der Waals surface area contributed by atoms with Crippen LogP contribution in [-0.4, -0.2) is 32.0 Å². The van der Waals surface area contributed by atoms with Gasteiger partial charge in [-0.05, 0) is 59.1 Å². The molecule has 3 N–H and O–H groups in total. The molecule has 10 heteroatoms. The van der Waals surface area contributed by atoms with Crippen molar-refractivity contribution in [3.8, 4) is 0 Å². The smallest absolute Gasteiger partial charge is 0.251 e. The molecule has 0 fully saturated rings. The fourth-order valence-corrected chi connectivity index (χ4v) is 4.15. The summed E-state index contributed by atoms with van der Waals surface area (Å²) in [6.45, 7) is 0.121. The van der Waals surface area contributed by atoms with Crippen LogP contribution in [0.25, 0.3) is 10.1 Å². The monoisotopic (exact) mass is 453 g/mol. The van der Waals surface area contributed by atoms with Gasteiger partial charge in [0.25, 0.3) is 5.91 Å². The first-order valence-electron chi connectivity index (χ1n) is 9.85. The van der Waals surface area contributed by atoms with E-state index in [1.807, 2.05) is 23.6 Å². The van der Waals surface area contributed by atoms with Crippen molar-refractivity contribution in [2.45, 2.75) is 25.4 Å². The number of nitrogens with one attached hydrogen (secondary N) is 2. The molecule has 0 bridgehead atoms. The van der Waals surface area contributed by atoms with Gasteiger partial charge in [0.05, 0.1) is 25.2 Å². The molecule has 32 heavy (non-hydrogen) atoms. The van der Waals surface area contributed by atoms with Crippen molar-refractivity contribution in [1.82, 2.24) is 25.8 Å². The van der Waals surface area contributed by atoms with Crippen LogP contribution >= 0.6 is 11.3 Å². The summed E-state index contributed by atoms with van der Waals surface area (Å²) in [4.78, 5) is 24.1. The highest BCUT2D eigenvalue weighted by atomic mass is 32.1. The third-order valence-electron chi connectivity index (χ3n) is 5.00. The molecule has 0 aliphatic carbocycles. The second-order valence-electron chi connectivity index (χ2n) is 7.27. The Morgan fingerprint density at radius 3 is 2.75 bits per heavy atom. The van der Waals surface area contributed by atoms with E-state index >= 15 is 0 Å². The Kier molecular flexibility index (Phi) is 6.52. The summed E-state index contributed by atoms with van der Waals surface area (Å²) in [5, 5.41) is 23.0. The van der Waals surface area contributed by atoms with Crippen LogP contribution < -0.4 is 10.8 Å². The van der Waals surface area contributed by atoms with E-state index in [0.29, 0.717) is 17.7 Å². The maximum absolute atomic E-state index is 13.0. The molecule has 0 unspecified atom stereocenters. The summed E-state index contributed by atoms with van der Waals surface area (Å²) in [5.74, 6) is -1.31. The number of hydrogen-bond acceptors (Lipinski definition) is 6. The average Bonchev–Trinajstić information content (AvgIpc) is 3.46. The largest absolute Gasteiger partial charge is 0.346 e. The normalized spacial score (nSPS) is 11.9. The van der Waals surface area contributed by atoms with Crippen LogP contribution in [0.5, 0.6) is 0 Å². The number of nitrogens with zero attached hydrogens (tertiary/aromatic N) is 3. The molecule has 1 atom stereocenters. The maximum Gasteiger partial charge on any atom is 0.251 e. The highest BCUT2D eigenvalue weighted by molar-refractivity contribution is 7.17.